The zero-order valence-electron chi connectivity index (χ0n) is 27.5. The molecule has 0 aliphatic heterocycles. The van der Waals surface area contributed by atoms with Crippen LogP contribution in [0.2, 0.25) is 0 Å². The maximum absolute atomic E-state index is 12.7. The summed E-state index contributed by atoms with van der Waals surface area (Å²) in [6.07, 6.45) is 20.0. The Morgan fingerprint density at radius 2 is 1.02 bits per heavy atom. The third-order valence-corrected chi connectivity index (χ3v) is 8.47. The van der Waals surface area contributed by atoms with E-state index in [1.54, 1.807) is 36.4 Å². The number of hydrogen-bond donors (Lipinski definition) is 0. The van der Waals surface area contributed by atoms with Crippen molar-refractivity contribution >= 4 is 11.9 Å². The van der Waals surface area contributed by atoms with Crippen LogP contribution in [0, 0.1) is 5.92 Å². The van der Waals surface area contributed by atoms with Crippen LogP contribution in [0.3, 0.4) is 0 Å². The van der Waals surface area contributed by atoms with Crippen LogP contribution in [0.15, 0.2) is 72.8 Å². The maximum atomic E-state index is 12.7. The molecule has 0 N–H and O–H groups in total. The third-order valence-electron chi connectivity index (χ3n) is 8.47. The molecule has 0 amide bonds. The van der Waals surface area contributed by atoms with Gasteiger partial charge in [0.1, 0.15) is 5.75 Å². The van der Waals surface area contributed by atoms with Crippen molar-refractivity contribution in [2.24, 2.45) is 5.92 Å². The molecule has 238 valence electrons. The second-order valence-corrected chi connectivity index (χ2v) is 12.3. The molecule has 3 aromatic carbocycles. The molecule has 0 spiro atoms. The molecule has 4 nitrogen and oxygen atoms in total. The molecule has 1 unspecified atom stereocenters. The highest BCUT2D eigenvalue weighted by Crippen LogP contribution is 2.23. The smallest absolute Gasteiger partial charge is 0.343 e. The molecule has 4 heteroatoms. The van der Waals surface area contributed by atoms with Crippen LogP contribution in [0.1, 0.15) is 137 Å². The van der Waals surface area contributed by atoms with E-state index in [4.69, 9.17) is 9.47 Å². The van der Waals surface area contributed by atoms with Gasteiger partial charge in [0.25, 0.3) is 0 Å². The monoisotopic (exact) mass is 598 g/mol. The van der Waals surface area contributed by atoms with Gasteiger partial charge in [0.05, 0.1) is 17.7 Å². The second-order valence-electron chi connectivity index (χ2n) is 12.3. The number of carbonyl (C=O) groups excluding carboxylic acids is 2. The summed E-state index contributed by atoms with van der Waals surface area (Å²) in [5, 5.41) is 0. The van der Waals surface area contributed by atoms with Gasteiger partial charge in [0.15, 0.2) is 0 Å². The quantitative estimate of drug-likeness (QED) is 0.0695. The van der Waals surface area contributed by atoms with Gasteiger partial charge in [0, 0.05) is 0 Å². The van der Waals surface area contributed by atoms with Crippen molar-refractivity contribution in [2.45, 2.75) is 117 Å². The zero-order chi connectivity index (χ0) is 31.4. The minimum atomic E-state index is -0.434. The maximum Gasteiger partial charge on any atom is 0.343 e. The summed E-state index contributed by atoms with van der Waals surface area (Å²) in [6.45, 7) is 6.78. The SMILES string of the molecule is CCCCCCCCCCCCCCCc1ccc(-c2ccc(C(=O)Oc3ccc(C(=O)OCC(C)CC)cc3)cc2)cc1. The highest BCUT2D eigenvalue weighted by molar-refractivity contribution is 5.92. The number of ether oxygens (including phenoxy) is 2. The van der Waals surface area contributed by atoms with Gasteiger partial charge in [-0.3, -0.25) is 0 Å². The Labute approximate surface area is 266 Å². The van der Waals surface area contributed by atoms with Crippen molar-refractivity contribution in [3.05, 3.63) is 89.5 Å². The number of unbranched alkanes of at least 4 members (excludes halogenated alkanes) is 12. The van der Waals surface area contributed by atoms with Crippen LogP contribution < -0.4 is 4.74 Å². The summed E-state index contributed by atoms with van der Waals surface area (Å²) in [5.74, 6) is -0.0939. The standard InChI is InChI=1S/C40H54O4/c1-4-6-7-8-9-10-11-12-13-14-15-16-17-18-33-19-21-34(22-20-33)35-23-25-37(26-24-35)40(42)44-38-29-27-36(28-30-38)39(41)43-31-32(3)5-2/h19-30,32H,4-18,31H2,1-3H3. The first-order chi connectivity index (χ1) is 21.5. The number of esters is 2. The highest BCUT2D eigenvalue weighted by atomic mass is 16.5. The topological polar surface area (TPSA) is 52.6 Å². The number of carbonyl (C=O) groups is 2. The molecule has 3 aromatic rings. The lowest BCUT2D eigenvalue weighted by molar-refractivity contribution is 0.0447. The van der Waals surface area contributed by atoms with Gasteiger partial charge in [-0.1, -0.05) is 141 Å². The fourth-order valence-corrected chi connectivity index (χ4v) is 5.25. The van der Waals surface area contributed by atoms with Crippen LogP contribution in [0.5, 0.6) is 5.75 Å². The third kappa shape index (κ3) is 13.1. The van der Waals surface area contributed by atoms with Crippen molar-refractivity contribution in [1.29, 1.82) is 0 Å². The predicted molar refractivity (Wildman–Crippen MR) is 182 cm³/mol. The Hall–Kier alpha value is -3.40. The Morgan fingerprint density at radius 1 is 0.568 bits per heavy atom. The van der Waals surface area contributed by atoms with Crippen LogP contribution >= 0.6 is 0 Å². The molecule has 0 saturated carbocycles. The Morgan fingerprint density at radius 3 is 1.55 bits per heavy atom. The van der Waals surface area contributed by atoms with Crippen molar-refractivity contribution in [2.75, 3.05) is 6.61 Å². The average Bonchev–Trinajstić information content (AvgIpc) is 3.06. The zero-order valence-corrected chi connectivity index (χ0v) is 27.5. The molecule has 0 aliphatic rings. The molecular formula is C40H54O4. The van der Waals surface area contributed by atoms with Gasteiger partial charge in [-0.25, -0.2) is 9.59 Å². The van der Waals surface area contributed by atoms with Gasteiger partial charge in [-0.15, -0.1) is 0 Å². The Balaban J connectivity index is 1.33. The van der Waals surface area contributed by atoms with Crippen molar-refractivity contribution in [3.63, 3.8) is 0 Å². The van der Waals surface area contributed by atoms with Gasteiger partial charge in [-0.05, 0) is 71.8 Å². The molecule has 3 rings (SSSR count). The summed E-state index contributed by atoms with van der Waals surface area (Å²) in [5.41, 5.74) is 4.49. The average molecular weight is 599 g/mol. The van der Waals surface area contributed by atoms with Crippen LogP contribution in [0.4, 0.5) is 0 Å². The van der Waals surface area contributed by atoms with Crippen LogP contribution in [-0.2, 0) is 11.2 Å². The molecule has 0 fully saturated rings. The van der Waals surface area contributed by atoms with E-state index in [1.807, 2.05) is 19.1 Å². The molecular weight excluding hydrogens is 544 g/mol. The van der Waals surface area contributed by atoms with E-state index in [0.717, 1.165) is 24.0 Å². The minimum absolute atomic E-state index is 0.323. The lowest BCUT2D eigenvalue weighted by atomic mass is 10.00. The highest BCUT2D eigenvalue weighted by Gasteiger charge is 2.12. The summed E-state index contributed by atoms with van der Waals surface area (Å²) in [4.78, 5) is 24.9. The van der Waals surface area contributed by atoms with Gasteiger partial charge in [-0.2, -0.15) is 0 Å². The lowest BCUT2D eigenvalue weighted by Crippen LogP contribution is -2.12. The van der Waals surface area contributed by atoms with Crippen molar-refractivity contribution in [3.8, 4) is 16.9 Å². The van der Waals surface area contributed by atoms with E-state index in [9.17, 15) is 9.59 Å². The normalized spacial score (nSPS) is 11.7. The second kappa shape index (κ2) is 20.5. The van der Waals surface area contributed by atoms with Crippen molar-refractivity contribution < 1.29 is 19.1 Å². The first-order valence-electron chi connectivity index (χ1n) is 17.2. The minimum Gasteiger partial charge on any atom is -0.462 e. The van der Waals surface area contributed by atoms with Gasteiger partial charge < -0.3 is 9.47 Å². The molecule has 44 heavy (non-hydrogen) atoms. The fraction of sp³-hybridized carbons (Fsp3) is 0.500. The van der Waals surface area contributed by atoms with Crippen LogP contribution in [-0.4, -0.2) is 18.5 Å². The molecule has 0 saturated heterocycles. The van der Waals surface area contributed by atoms with E-state index >= 15 is 0 Å². The van der Waals surface area contributed by atoms with E-state index < -0.39 is 5.97 Å². The lowest BCUT2D eigenvalue weighted by Gasteiger charge is -2.10. The summed E-state index contributed by atoms with van der Waals surface area (Å²) in [6, 6.07) is 22.7. The fourth-order valence-electron chi connectivity index (χ4n) is 5.25. The molecule has 0 heterocycles. The largest absolute Gasteiger partial charge is 0.462 e. The van der Waals surface area contributed by atoms with Gasteiger partial charge >= 0.3 is 11.9 Å². The Kier molecular flexibility index (Phi) is 16.4. The van der Waals surface area contributed by atoms with E-state index in [2.05, 4.69) is 38.1 Å². The summed E-state index contributed by atoms with van der Waals surface area (Å²) < 4.78 is 10.9. The summed E-state index contributed by atoms with van der Waals surface area (Å²) >= 11 is 0. The number of hydrogen-bond acceptors (Lipinski definition) is 4. The van der Waals surface area contributed by atoms with E-state index in [-0.39, 0.29) is 5.97 Å². The first-order valence-corrected chi connectivity index (χ1v) is 17.2. The molecule has 0 bridgehead atoms. The molecule has 0 aromatic heterocycles. The first kappa shape index (κ1) is 35.1. The van der Waals surface area contributed by atoms with Crippen LogP contribution in [0.25, 0.3) is 11.1 Å². The predicted octanol–water partition coefficient (Wildman–Crippen LogP) is 11.4. The Bertz CT molecular complexity index is 1210. The van der Waals surface area contributed by atoms with E-state index in [1.165, 1.54) is 89.0 Å². The number of aryl methyl sites for hydroxylation is 1. The molecule has 0 radical (unpaired) electrons. The molecule has 0 aliphatic carbocycles. The number of rotatable bonds is 21. The van der Waals surface area contributed by atoms with Crippen molar-refractivity contribution in [1.82, 2.24) is 0 Å². The van der Waals surface area contributed by atoms with E-state index in [0.29, 0.717) is 29.4 Å². The molecule has 1 atom stereocenters. The van der Waals surface area contributed by atoms with Gasteiger partial charge in [0.2, 0.25) is 0 Å². The number of benzene rings is 3. The summed E-state index contributed by atoms with van der Waals surface area (Å²) in [7, 11) is 0.